The molecule has 140 valence electrons. The first kappa shape index (κ1) is 18.5. The summed E-state index contributed by atoms with van der Waals surface area (Å²) >= 11 is 0. The second-order valence-electron chi connectivity index (χ2n) is 7.23. The van der Waals surface area contributed by atoms with Gasteiger partial charge in [-0.3, -0.25) is 4.79 Å². The molecule has 0 unspecified atom stereocenters. The number of carbonyl (C=O) groups excluding carboxylic acids is 1. The topological polar surface area (TPSA) is 60.0 Å². The maximum atomic E-state index is 12.9. The third kappa shape index (κ3) is 3.90. The average Bonchev–Trinajstić information content (AvgIpc) is 3.04. The number of rotatable bonds is 5. The van der Waals surface area contributed by atoms with Gasteiger partial charge in [0.25, 0.3) is 5.91 Å². The van der Waals surface area contributed by atoms with Gasteiger partial charge in [-0.2, -0.15) is 0 Å². The van der Waals surface area contributed by atoms with E-state index in [1.807, 2.05) is 37.8 Å². The van der Waals surface area contributed by atoms with Crippen LogP contribution in [0.15, 0.2) is 28.8 Å². The summed E-state index contributed by atoms with van der Waals surface area (Å²) in [6, 6.07) is 8.21. The average molecular weight is 358 g/mol. The Kier molecular flexibility index (Phi) is 5.61. The Balaban J connectivity index is 1.59. The van der Waals surface area contributed by atoms with Crippen molar-refractivity contribution in [1.82, 2.24) is 10.1 Å². The highest BCUT2D eigenvalue weighted by molar-refractivity contribution is 5.96. The Bertz CT molecular complexity index is 744. The lowest BCUT2D eigenvalue weighted by atomic mass is 10.0. The molecule has 1 aromatic carbocycles. The molecule has 0 radical (unpaired) electrons. The van der Waals surface area contributed by atoms with Crippen LogP contribution in [0.3, 0.4) is 0 Å². The highest BCUT2D eigenvalue weighted by atomic mass is 16.5. The molecule has 0 aliphatic carbocycles. The zero-order valence-corrected chi connectivity index (χ0v) is 16.0. The van der Waals surface area contributed by atoms with Gasteiger partial charge < -0.3 is 19.1 Å². The highest BCUT2D eigenvalue weighted by Crippen LogP contribution is 2.23. The Morgan fingerprint density at radius 2 is 1.92 bits per heavy atom. The van der Waals surface area contributed by atoms with Crippen LogP contribution in [0.4, 0.5) is 0 Å². The van der Waals surface area contributed by atoms with Crippen molar-refractivity contribution in [3.8, 4) is 5.75 Å². The molecule has 6 nitrogen and oxygen atoms in total. The van der Waals surface area contributed by atoms with E-state index in [-0.39, 0.29) is 11.8 Å². The number of hydrogen-bond acceptors (Lipinski definition) is 4. The molecule has 2 aromatic rings. The van der Waals surface area contributed by atoms with Crippen LogP contribution in [0.2, 0.25) is 0 Å². The predicted molar refractivity (Wildman–Crippen MR) is 98.6 cm³/mol. The minimum atomic E-state index is 0.0518. The summed E-state index contributed by atoms with van der Waals surface area (Å²) in [4.78, 5) is 16.4. The first-order chi connectivity index (χ1) is 12.5. The standard InChI is InChI=1S/C20H27N3O3/c1-14(2)19-18(15(3)21-26-19)20(24)23-11-9-22(10-12-23)13-16-5-7-17(25-4)8-6-16/h5-8,14H,9-13H2,1-4H3/p+1. The summed E-state index contributed by atoms with van der Waals surface area (Å²) in [7, 11) is 1.68. The van der Waals surface area contributed by atoms with Gasteiger partial charge in [0.15, 0.2) is 5.76 Å². The van der Waals surface area contributed by atoms with Gasteiger partial charge in [-0.25, -0.2) is 0 Å². The van der Waals surface area contributed by atoms with Crippen LogP contribution >= 0.6 is 0 Å². The van der Waals surface area contributed by atoms with Gasteiger partial charge in [-0.15, -0.1) is 0 Å². The Morgan fingerprint density at radius 1 is 1.27 bits per heavy atom. The van der Waals surface area contributed by atoms with Crippen molar-refractivity contribution < 1.29 is 19.0 Å². The molecule has 0 atom stereocenters. The van der Waals surface area contributed by atoms with Gasteiger partial charge in [0.05, 0.1) is 39.0 Å². The number of nitrogens with zero attached hydrogens (tertiary/aromatic N) is 2. The summed E-state index contributed by atoms with van der Waals surface area (Å²) in [5.41, 5.74) is 2.63. The SMILES string of the molecule is COc1ccc(C[NH+]2CCN(C(=O)c3c(C)noc3C(C)C)CC2)cc1. The van der Waals surface area contributed by atoms with Gasteiger partial charge in [-0.1, -0.05) is 19.0 Å². The number of quaternary nitrogens is 1. The Hall–Kier alpha value is -2.34. The molecule has 6 heteroatoms. The van der Waals surface area contributed by atoms with Crippen molar-refractivity contribution in [3.63, 3.8) is 0 Å². The van der Waals surface area contributed by atoms with Crippen LogP contribution in [-0.4, -0.2) is 49.3 Å². The summed E-state index contributed by atoms with van der Waals surface area (Å²) in [6.45, 7) is 10.3. The molecule has 0 spiro atoms. The molecule has 0 bridgehead atoms. The van der Waals surface area contributed by atoms with Crippen LogP contribution in [0.1, 0.15) is 47.1 Å². The van der Waals surface area contributed by atoms with Gasteiger partial charge in [-0.05, 0) is 31.2 Å². The second kappa shape index (κ2) is 7.91. The minimum Gasteiger partial charge on any atom is -0.497 e. The molecule has 26 heavy (non-hydrogen) atoms. The number of aryl methyl sites for hydroxylation is 1. The van der Waals surface area contributed by atoms with Crippen molar-refractivity contribution in [2.24, 2.45) is 0 Å². The third-order valence-corrected chi connectivity index (χ3v) is 5.00. The molecular formula is C20H28N3O3+. The molecule has 1 aliphatic heterocycles. The van der Waals surface area contributed by atoms with Crippen molar-refractivity contribution in [3.05, 3.63) is 46.8 Å². The van der Waals surface area contributed by atoms with E-state index in [9.17, 15) is 4.79 Å². The molecule has 3 rings (SSSR count). The Labute approximate surface area is 154 Å². The zero-order chi connectivity index (χ0) is 18.7. The van der Waals surface area contributed by atoms with E-state index >= 15 is 0 Å². The van der Waals surface area contributed by atoms with Crippen LogP contribution < -0.4 is 9.64 Å². The van der Waals surface area contributed by atoms with Gasteiger partial charge >= 0.3 is 0 Å². The fourth-order valence-corrected chi connectivity index (χ4v) is 3.43. The molecule has 1 saturated heterocycles. The number of methoxy groups -OCH3 is 1. The highest BCUT2D eigenvalue weighted by Gasteiger charge is 2.30. The van der Waals surface area contributed by atoms with E-state index in [2.05, 4.69) is 17.3 Å². The van der Waals surface area contributed by atoms with Crippen LogP contribution in [-0.2, 0) is 6.54 Å². The van der Waals surface area contributed by atoms with Crippen LogP contribution in [0.5, 0.6) is 5.75 Å². The predicted octanol–water partition coefficient (Wildman–Crippen LogP) is 1.66. The monoisotopic (exact) mass is 358 g/mol. The molecule has 1 fully saturated rings. The third-order valence-electron chi connectivity index (χ3n) is 5.00. The number of benzene rings is 1. The molecule has 0 saturated carbocycles. The zero-order valence-electron chi connectivity index (χ0n) is 16.0. The normalized spacial score (nSPS) is 15.5. The Morgan fingerprint density at radius 3 is 2.50 bits per heavy atom. The van der Waals surface area contributed by atoms with Crippen molar-refractivity contribution in [2.45, 2.75) is 33.2 Å². The van der Waals surface area contributed by atoms with E-state index in [0.29, 0.717) is 17.0 Å². The number of nitrogens with one attached hydrogen (secondary N) is 1. The smallest absolute Gasteiger partial charge is 0.259 e. The number of carbonyl (C=O) groups is 1. The number of piperazine rings is 1. The van der Waals surface area contributed by atoms with E-state index < -0.39 is 0 Å². The number of aromatic nitrogens is 1. The number of hydrogen-bond donors (Lipinski definition) is 1. The fraction of sp³-hybridized carbons (Fsp3) is 0.500. The maximum Gasteiger partial charge on any atom is 0.259 e. The molecule has 1 N–H and O–H groups in total. The van der Waals surface area contributed by atoms with Gasteiger partial charge in [0.1, 0.15) is 17.9 Å². The first-order valence-electron chi connectivity index (χ1n) is 9.21. The van der Waals surface area contributed by atoms with Crippen molar-refractivity contribution >= 4 is 5.91 Å². The maximum absolute atomic E-state index is 12.9. The van der Waals surface area contributed by atoms with Gasteiger partial charge in [0.2, 0.25) is 0 Å². The molecule has 2 heterocycles. The molecule has 1 aromatic heterocycles. The molecule has 1 aliphatic rings. The van der Waals surface area contributed by atoms with E-state index in [4.69, 9.17) is 9.26 Å². The summed E-state index contributed by atoms with van der Waals surface area (Å²) < 4.78 is 10.6. The number of ether oxygens (including phenoxy) is 1. The fourth-order valence-electron chi connectivity index (χ4n) is 3.43. The van der Waals surface area contributed by atoms with E-state index in [0.717, 1.165) is 38.5 Å². The summed E-state index contributed by atoms with van der Waals surface area (Å²) in [5.74, 6) is 1.78. The quantitative estimate of drug-likeness (QED) is 0.883. The summed E-state index contributed by atoms with van der Waals surface area (Å²) in [5, 5.41) is 4.00. The van der Waals surface area contributed by atoms with Crippen LogP contribution in [0, 0.1) is 6.92 Å². The van der Waals surface area contributed by atoms with E-state index in [1.165, 1.54) is 10.5 Å². The van der Waals surface area contributed by atoms with Crippen LogP contribution in [0.25, 0.3) is 0 Å². The van der Waals surface area contributed by atoms with Crippen molar-refractivity contribution in [1.29, 1.82) is 0 Å². The molecule has 1 amide bonds. The van der Waals surface area contributed by atoms with Crippen molar-refractivity contribution in [2.75, 3.05) is 33.3 Å². The second-order valence-corrected chi connectivity index (χ2v) is 7.23. The van der Waals surface area contributed by atoms with Gasteiger partial charge in [0, 0.05) is 11.5 Å². The summed E-state index contributed by atoms with van der Waals surface area (Å²) in [6.07, 6.45) is 0. The lowest BCUT2D eigenvalue weighted by Gasteiger charge is -2.32. The lowest BCUT2D eigenvalue weighted by molar-refractivity contribution is -0.917. The molecular weight excluding hydrogens is 330 g/mol. The lowest BCUT2D eigenvalue weighted by Crippen LogP contribution is -3.13. The van der Waals surface area contributed by atoms with E-state index in [1.54, 1.807) is 7.11 Å². The first-order valence-corrected chi connectivity index (χ1v) is 9.21. The minimum absolute atomic E-state index is 0.0518. The largest absolute Gasteiger partial charge is 0.497 e. The number of amides is 1.